The summed E-state index contributed by atoms with van der Waals surface area (Å²) >= 11 is 5.57. The highest BCUT2D eigenvalue weighted by Crippen LogP contribution is 2.18. The fraction of sp³-hybridized carbons (Fsp3) is 0.182. The normalized spacial score (nSPS) is 10.6. The van der Waals surface area contributed by atoms with Gasteiger partial charge in [0.05, 0.1) is 11.6 Å². The molecule has 15 heavy (non-hydrogen) atoms. The van der Waals surface area contributed by atoms with Crippen molar-refractivity contribution in [3.63, 3.8) is 0 Å². The van der Waals surface area contributed by atoms with Crippen LogP contribution in [0.25, 0.3) is 6.08 Å². The van der Waals surface area contributed by atoms with Crippen molar-refractivity contribution < 1.29 is 13.9 Å². The molecule has 0 bridgehead atoms. The van der Waals surface area contributed by atoms with Crippen LogP contribution in [0, 0.1) is 5.82 Å². The summed E-state index contributed by atoms with van der Waals surface area (Å²) in [7, 11) is 0. The van der Waals surface area contributed by atoms with Crippen molar-refractivity contribution in [2.24, 2.45) is 0 Å². The van der Waals surface area contributed by atoms with Gasteiger partial charge in [-0.2, -0.15) is 0 Å². The van der Waals surface area contributed by atoms with Crippen LogP contribution in [0.2, 0.25) is 5.02 Å². The second-order valence-corrected chi connectivity index (χ2v) is 3.14. The highest BCUT2D eigenvalue weighted by atomic mass is 35.5. The number of rotatable bonds is 3. The van der Waals surface area contributed by atoms with Crippen molar-refractivity contribution >= 4 is 23.6 Å². The number of esters is 1. The smallest absolute Gasteiger partial charge is 0.330 e. The average Bonchev–Trinajstić information content (AvgIpc) is 2.21. The Hall–Kier alpha value is -1.35. The van der Waals surface area contributed by atoms with Crippen LogP contribution in [0.1, 0.15) is 12.5 Å². The van der Waals surface area contributed by atoms with Crippen molar-refractivity contribution in [1.29, 1.82) is 0 Å². The van der Waals surface area contributed by atoms with Crippen molar-refractivity contribution in [3.05, 3.63) is 40.7 Å². The summed E-state index contributed by atoms with van der Waals surface area (Å²) < 4.78 is 18.0. The molecular formula is C11H10ClFO2. The molecule has 0 atom stereocenters. The monoisotopic (exact) mass is 228 g/mol. The molecule has 0 aliphatic rings. The largest absolute Gasteiger partial charge is 0.463 e. The number of hydrogen-bond donors (Lipinski definition) is 0. The zero-order valence-corrected chi connectivity index (χ0v) is 8.92. The summed E-state index contributed by atoms with van der Waals surface area (Å²) in [5.41, 5.74) is 0.260. The van der Waals surface area contributed by atoms with E-state index in [2.05, 4.69) is 4.74 Å². The number of carbonyl (C=O) groups excluding carboxylic acids is 1. The minimum absolute atomic E-state index is 0.0287. The quantitative estimate of drug-likeness (QED) is 0.587. The van der Waals surface area contributed by atoms with E-state index < -0.39 is 11.8 Å². The highest BCUT2D eigenvalue weighted by molar-refractivity contribution is 6.30. The van der Waals surface area contributed by atoms with Gasteiger partial charge < -0.3 is 4.74 Å². The Morgan fingerprint density at radius 2 is 2.33 bits per heavy atom. The van der Waals surface area contributed by atoms with Gasteiger partial charge in [0.15, 0.2) is 0 Å². The van der Waals surface area contributed by atoms with E-state index in [9.17, 15) is 9.18 Å². The molecule has 0 saturated carbocycles. The van der Waals surface area contributed by atoms with Gasteiger partial charge >= 0.3 is 5.97 Å². The molecule has 0 radical (unpaired) electrons. The molecule has 0 fully saturated rings. The van der Waals surface area contributed by atoms with Crippen molar-refractivity contribution in [2.75, 3.05) is 6.61 Å². The summed E-state index contributed by atoms with van der Waals surface area (Å²) in [5.74, 6) is -1.04. The minimum Gasteiger partial charge on any atom is -0.463 e. The molecule has 0 unspecified atom stereocenters. The van der Waals surface area contributed by atoms with E-state index in [0.717, 1.165) is 6.08 Å². The van der Waals surface area contributed by atoms with E-state index in [1.165, 1.54) is 18.2 Å². The van der Waals surface area contributed by atoms with Crippen LogP contribution < -0.4 is 0 Å². The van der Waals surface area contributed by atoms with E-state index in [0.29, 0.717) is 6.61 Å². The third-order valence-corrected chi connectivity index (χ3v) is 1.96. The first-order valence-corrected chi connectivity index (χ1v) is 4.81. The molecule has 2 nitrogen and oxygen atoms in total. The van der Waals surface area contributed by atoms with Gasteiger partial charge in [0.1, 0.15) is 5.82 Å². The first kappa shape index (κ1) is 11.7. The number of ether oxygens (including phenoxy) is 1. The molecule has 80 valence electrons. The lowest BCUT2D eigenvalue weighted by Crippen LogP contribution is -1.98. The molecule has 0 aliphatic heterocycles. The first-order chi connectivity index (χ1) is 7.15. The van der Waals surface area contributed by atoms with Crippen molar-refractivity contribution in [3.8, 4) is 0 Å². The number of benzene rings is 1. The van der Waals surface area contributed by atoms with Crippen LogP contribution in [0.15, 0.2) is 24.3 Å². The van der Waals surface area contributed by atoms with Crippen LogP contribution in [0.5, 0.6) is 0 Å². The maximum atomic E-state index is 13.3. The van der Waals surface area contributed by atoms with Gasteiger partial charge in [0.2, 0.25) is 0 Å². The fourth-order valence-corrected chi connectivity index (χ4v) is 1.18. The van der Waals surface area contributed by atoms with Gasteiger partial charge in [-0.1, -0.05) is 23.7 Å². The van der Waals surface area contributed by atoms with E-state index >= 15 is 0 Å². The van der Waals surface area contributed by atoms with E-state index in [4.69, 9.17) is 11.6 Å². The fourth-order valence-electron chi connectivity index (χ4n) is 0.997. The highest BCUT2D eigenvalue weighted by Gasteiger charge is 2.03. The predicted molar refractivity (Wildman–Crippen MR) is 57.1 cm³/mol. The molecule has 0 spiro atoms. The van der Waals surface area contributed by atoms with E-state index in [1.54, 1.807) is 13.0 Å². The molecule has 1 rings (SSSR count). The topological polar surface area (TPSA) is 26.3 Å². The number of hydrogen-bond acceptors (Lipinski definition) is 2. The van der Waals surface area contributed by atoms with Crippen LogP contribution in [0.4, 0.5) is 4.39 Å². The summed E-state index contributed by atoms with van der Waals surface area (Å²) in [6, 6.07) is 4.58. The summed E-state index contributed by atoms with van der Waals surface area (Å²) in [5, 5.41) is 0.0287. The van der Waals surface area contributed by atoms with Crippen LogP contribution in [0.3, 0.4) is 0 Å². The Labute approximate surface area is 92.3 Å². The zero-order valence-electron chi connectivity index (χ0n) is 8.17. The molecule has 0 aliphatic carbocycles. The van der Waals surface area contributed by atoms with Gasteiger partial charge in [-0.15, -0.1) is 0 Å². The Morgan fingerprint density at radius 1 is 1.60 bits per heavy atom. The maximum absolute atomic E-state index is 13.3. The van der Waals surface area contributed by atoms with Crippen molar-refractivity contribution in [2.45, 2.75) is 6.92 Å². The second-order valence-electron chi connectivity index (χ2n) is 2.73. The minimum atomic E-state index is -0.542. The third-order valence-electron chi connectivity index (χ3n) is 1.67. The Morgan fingerprint density at radius 3 is 3.00 bits per heavy atom. The third kappa shape index (κ3) is 3.36. The standard InChI is InChI=1S/C11H10ClFO2/c1-2-15-10(14)7-6-8-4-3-5-9(12)11(8)13/h3-7H,2H2,1H3. The lowest BCUT2D eigenvalue weighted by atomic mass is 10.2. The Balaban J connectivity index is 2.81. The Kier molecular flexibility index (Phi) is 4.31. The lowest BCUT2D eigenvalue weighted by Gasteiger charge is -1.98. The summed E-state index contributed by atoms with van der Waals surface area (Å²) in [6.45, 7) is 1.99. The second kappa shape index (κ2) is 5.51. The molecule has 4 heteroatoms. The van der Waals surface area contributed by atoms with E-state index in [-0.39, 0.29) is 10.6 Å². The lowest BCUT2D eigenvalue weighted by molar-refractivity contribution is -0.137. The van der Waals surface area contributed by atoms with Gasteiger partial charge in [0, 0.05) is 11.6 Å². The van der Waals surface area contributed by atoms with Gasteiger partial charge in [-0.05, 0) is 19.1 Å². The summed E-state index contributed by atoms with van der Waals surface area (Å²) in [4.78, 5) is 10.9. The van der Waals surface area contributed by atoms with Gasteiger partial charge in [-0.25, -0.2) is 9.18 Å². The first-order valence-electron chi connectivity index (χ1n) is 4.44. The molecule has 1 aromatic carbocycles. The van der Waals surface area contributed by atoms with Crippen LogP contribution >= 0.6 is 11.6 Å². The average molecular weight is 229 g/mol. The van der Waals surface area contributed by atoms with Gasteiger partial charge in [0.25, 0.3) is 0 Å². The van der Waals surface area contributed by atoms with Crippen molar-refractivity contribution in [1.82, 2.24) is 0 Å². The molecule has 0 saturated heterocycles. The zero-order chi connectivity index (χ0) is 11.3. The van der Waals surface area contributed by atoms with E-state index in [1.807, 2.05) is 0 Å². The molecule has 0 aromatic heterocycles. The van der Waals surface area contributed by atoms with Crippen LogP contribution in [-0.2, 0) is 9.53 Å². The van der Waals surface area contributed by atoms with Gasteiger partial charge in [-0.3, -0.25) is 0 Å². The SMILES string of the molecule is CCOC(=O)C=Cc1cccc(Cl)c1F. The maximum Gasteiger partial charge on any atom is 0.330 e. The number of halogens is 2. The molecule has 0 amide bonds. The summed E-state index contributed by atoms with van der Waals surface area (Å²) in [6.07, 6.45) is 2.50. The van der Waals surface area contributed by atoms with Crippen LogP contribution in [-0.4, -0.2) is 12.6 Å². The molecule has 0 N–H and O–H groups in total. The molecule has 0 heterocycles. The predicted octanol–water partition coefficient (Wildman–Crippen LogP) is 3.06. The molecule has 1 aromatic rings. The molecular weight excluding hydrogens is 219 g/mol. The Bertz CT molecular complexity index is 388. The number of carbonyl (C=O) groups is 1.